The highest BCUT2D eigenvalue weighted by atomic mass is 35.5. The van der Waals surface area contributed by atoms with E-state index in [9.17, 15) is 19.5 Å². The van der Waals surface area contributed by atoms with E-state index < -0.39 is 23.8 Å². The molecule has 0 saturated heterocycles. The molecule has 0 radical (unpaired) electrons. The Morgan fingerprint density at radius 1 is 0.969 bits per heavy atom. The lowest BCUT2D eigenvalue weighted by Gasteiger charge is -2.16. The summed E-state index contributed by atoms with van der Waals surface area (Å²) in [6, 6.07) is 13.4. The lowest BCUT2D eigenvalue weighted by Crippen LogP contribution is -2.42. The van der Waals surface area contributed by atoms with Crippen molar-refractivity contribution in [3.8, 4) is 0 Å². The van der Waals surface area contributed by atoms with E-state index >= 15 is 0 Å². The number of anilines is 1. The van der Waals surface area contributed by atoms with E-state index in [0.29, 0.717) is 22.5 Å². The zero-order chi connectivity index (χ0) is 23.3. The van der Waals surface area contributed by atoms with Crippen LogP contribution < -0.4 is 10.6 Å². The van der Waals surface area contributed by atoms with E-state index in [1.54, 1.807) is 67.7 Å². The van der Waals surface area contributed by atoms with Gasteiger partial charge in [0, 0.05) is 24.0 Å². The first-order valence-electron chi connectivity index (χ1n) is 9.56. The van der Waals surface area contributed by atoms with E-state index in [1.165, 1.54) is 0 Å². The molecule has 0 aliphatic heterocycles. The molecular weight excluding hydrogens is 453 g/mol. The number of amides is 2. The number of carbonyl (C=O) groups excluding carboxylic acids is 2. The molecule has 3 aromatic rings. The van der Waals surface area contributed by atoms with Crippen molar-refractivity contribution in [3.05, 3.63) is 93.2 Å². The van der Waals surface area contributed by atoms with Crippen molar-refractivity contribution in [1.29, 1.82) is 0 Å². The number of nitrogens with zero attached hydrogens (tertiary/aromatic N) is 1. The summed E-state index contributed by atoms with van der Waals surface area (Å²) in [5.41, 5.74) is 2.13. The van der Waals surface area contributed by atoms with Crippen LogP contribution in [0.4, 0.5) is 5.69 Å². The average molecular weight is 472 g/mol. The second kappa shape index (κ2) is 10.3. The summed E-state index contributed by atoms with van der Waals surface area (Å²) in [6.07, 6.45) is 1.62. The number of carboxylic acids is 1. The summed E-state index contributed by atoms with van der Waals surface area (Å²) >= 11 is 12.1. The largest absolute Gasteiger partial charge is 0.480 e. The predicted molar refractivity (Wildman–Crippen MR) is 122 cm³/mol. The number of aromatic nitrogens is 1. The normalized spacial score (nSPS) is 11.5. The van der Waals surface area contributed by atoms with Gasteiger partial charge in [0.15, 0.2) is 0 Å². The molecule has 0 bridgehead atoms. The van der Waals surface area contributed by atoms with Gasteiger partial charge in [0.25, 0.3) is 11.8 Å². The second-order valence-electron chi connectivity index (χ2n) is 6.95. The molecule has 3 rings (SSSR count). The maximum Gasteiger partial charge on any atom is 0.326 e. The summed E-state index contributed by atoms with van der Waals surface area (Å²) in [7, 11) is 0. The van der Waals surface area contributed by atoms with Crippen molar-refractivity contribution in [2.75, 3.05) is 5.32 Å². The van der Waals surface area contributed by atoms with Gasteiger partial charge in [0.2, 0.25) is 0 Å². The maximum absolute atomic E-state index is 12.5. The molecule has 164 valence electrons. The van der Waals surface area contributed by atoms with Gasteiger partial charge in [-0.05, 0) is 48.9 Å². The van der Waals surface area contributed by atoms with Crippen LogP contribution in [0, 0.1) is 6.92 Å². The summed E-state index contributed by atoms with van der Waals surface area (Å²) < 4.78 is 0. The molecule has 0 aliphatic carbocycles. The van der Waals surface area contributed by atoms with Gasteiger partial charge in [0.05, 0.1) is 21.2 Å². The number of benzene rings is 2. The van der Waals surface area contributed by atoms with Gasteiger partial charge in [-0.25, -0.2) is 4.79 Å². The molecule has 3 N–H and O–H groups in total. The van der Waals surface area contributed by atoms with Crippen LogP contribution in [0.25, 0.3) is 0 Å². The molecule has 1 heterocycles. The van der Waals surface area contributed by atoms with Crippen LogP contribution in [-0.4, -0.2) is 33.9 Å². The van der Waals surface area contributed by atoms with Gasteiger partial charge < -0.3 is 15.7 Å². The highest BCUT2D eigenvalue weighted by molar-refractivity contribution is 6.40. The molecule has 0 fully saturated rings. The second-order valence-corrected chi connectivity index (χ2v) is 7.77. The van der Waals surface area contributed by atoms with Crippen LogP contribution in [0.1, 0.15) is 32.0 Å². The average Bonchev–Trinajstić information content (AvgIpc) is 2.74. The lowest BCUT2D eigenvalue weighted by atomic mass is 10.0. The van der Waals surface area contributed by atoms with Crippen molar-refractivity contribution in [2.45, 2.75) is 19.4 Å². The van der Waals surface area contributed by atoms with Gasteiger partial charge in [-0.2, -0.15) is 0 Å². The molecule has 1 atom stereocenters. The fourth-order valence-electron chi connectivity index (χ4n) is 3.03. The monoisotopic (exact) mass is 471 g/mol. The Hall–Kier alpha value is -3.42. The van der Waals surface area contributed by atoms with Crippen molar-refractivity contribution >= 4 is 46.7 Å². The third-order valence-electron chi connectivity index (χ3n) is 4.70. The van der Waals surface area contributed by atoms with Crippen molar-refractivity contribution in [3.63, 3.8) is 0 Å². The summed E-state index contributed by atoms with van der Waals surface area (Å²) in [5, 5.41) is 15.2. The van der Waals surface area contributed by atoms with Crippen LogP contribution >= 0.6 is 23.2 Å². The molecule has 2 aromatic carbocycles. The fraction of sp³-hybridized carbons (Fsp3) is 0.130. The highest BCUT2D eigenvalue weighted by Gasteiger charge is 2.22. The van der Waals surface area contributed by atoms with Gasteiger partial charge in [-0.1, -0.05) is 41.4 Å². The van der Waals surface area contributed by atoms with Crippen LogP contribution in [0.15, 0.2) is 60.8 Å². The van der Waals surface area contributed by atoms with Crippen molar-refractivity contribution < 1.29 is 19.5 Å². The number of carboxylic acid groups (broad SMARTS) is 1. The minimum Gasteiger partial charge on any atom is -0.480 e. The van der Waals surface area contributed by atoms with Crippen LogP contribution in [0.3, 0.4) is 0 Å². The van der Waals surface area contributed by atoms with E-state index in [1.807, 2.05) is 0 Å². The number of rotatable bonds is 7. The van der Waals surface area contributed by atoms with Crippen molar-refractivity contribution in [1.82, 2.24) is 10.3 Å². The Labute approximate surface area is 194 Å². The third-order valence-corrected chi connectivity index (χ3v) is 5.33. The Balaban J connectivity index is 1.68. The Morgan fingerprint density at radius 3 is 2.22 bits per heavy atom. The molecule has 1 aromatic heterocycles. The highest BCUT2D eigenvalue weighted by Crippen LogP contribution is 2.25. The number of halogens is 2. The molecule has 0 aliphatic rings. The molecule has 32 heavy (non-hydrogen) atoms. The molecule has 0 spiro atoms. The third kappa shape index (κ3) is 5.63. The quantitative estimate of drug-likeness (QED) is 0.473. The standard InChI is InChI=1S/C23H19Cl2N3O4/c1-13-16(4-3-11-26-13)21(29)28-19(23(31)32)12-14-7-9-15(10-8-14)27-22(30)20-17(24)5-2-6-18(20)25/h2-11,19H,12H2,1H3,(H,27,30)(H,28,29)(H,31,32)/t19-/m0/s1. The minimum atomic E-state index is -1.16. The number of pyridine rings is 1. The molecule has 2 amide bonds. The first-order valence-corrected chi connectivity index (χ1v) is 10.3. The number of aliphatic carboxylic acids is 1. The fourth-order valence-corrected chi connectivity index (χ4v) is 3.60. The lowest BCUT2D eigenvalue weighted by molar-refractivity contribution is -0.139. The summed E-state index contributed by atoms with van der Waals surface area (Å²) in [5.74, 6) is -2.13. The van der Waals surface area contributed by atoms with Crippen molar-refractivity contribution in [2.24, 2.45) is 0 Å². The summed E-state index contributed by atoms with van der Waals surface area (Å²) in [4.78, 5) is 40.7. The SMILES string of the molecule is Cc1ncccc1C(=O)N[C@@H](Cc1ccc(NC(=O)c2c(Cl)cccc2Cl)cc1)C(=O)O. The van der Waals surface area contributed by atoms with Gasteiger partial charge in [-0.15, -0.1) is 0 Å². The number of nitrogens with one attached hydrogen (secondary N) is 2. The van der Waals surface area contributed by atoms with Gasteiger partial charge >= 0.3 is 5.97 Å². The first-order chi connectivity index (χ1) is 15.3. The smallest absolute Gasteiger partial charge is 0.326 e. The molecular formula is C23H19Cl2N3O4. The molecule has 0 saturated carbocycles. The summed E-state index contributed by atoms with van der Waals surface area (Å²) in [6.45, 7) is 1.67. The minimum absolute atomic E-state index is 0.0605. The van der Waals surface area contributed by atoms with Crippen LogP contribution in [0.5, 0.6) is 0 Å². The Bertz CT molecular complexity index is 1150. The first kappa shape index (κ1) is 23.2. The maximum atomic E-state index is 12.5. The van der Waals surface area contributed by atoms with E-state index in [2.05, 4.69) is 15.6 Å². The molecule has 7 nitrogen and oxygen atoms in total. The Morgan fingerprint density at radius 2 is 1.62 bits per heavy atom. The number of hydrogen-bond donors (Lipinski definition) is 3. The topological polar surface area (TPSA) is 108 Å². The van der Waals surface area contributed by atoms with Crippen LogP contribution in [-0.2, 0) is 11.2 Å². The Kier molecular flexibility index (Phi) is 7.45. The molecule has 0 unspecified atom stereocenters. The van der Waals surface area contributed by atoms with E-state index in [-0.39, 0.29) is 22.0 Å². The predicted octanol–water partition coefficient (Wildman–Crippen LogP) is 4.37. The molecule has 9 heteroatoms. The number of hydrogen-bond acceptors (Lipinski definition) is 4. The van der Waals surface area contributed by atoms with E-state index in [0.717, 1.165) is 0 Å². The zero-order valence-electron chi connectivity index (χ0n) is 16.9. The zero-order valence-corrected chi connectivity index (χ0v) is 18.4. The number of aryl methyl sites for hydroxylation is 1. The van der Waals surface area contributed by atoms with E-state index in [4.69, 9.17) is 23.2 Å². The van der Waals surface area contributed by atoms with Gasteiger partial charge in [-0.3, -0.25) is 14.6 Å². The number of carbonyl (C=O) groups is 3. The van der Waals surface area contributed by atoms with Gasteiger partial charge in [0.1, 0.15) is 6.04 Å². The van der Waals surface area contributed by atoms with Crippen LogP contribution in [0.2, 0.25) is 10.0 Å².